The van der Waals surface area contributed by atoms with Gasteiger partial charge in [-0.2, -0.15) is 57.2 Å². The van der Waals surface area contributed by atoms with Crippen LogP contribution in [-0.4, -0.2) is 163 Å². The molecule has 0 radical (unpaired) electrons. The summed E-state index contributed by atoms with van der Waals surface area (Å²) < 4.78 is 18.0. The SMILES string of the molecule is Cc1[nH]nc2c1c(=O)n(CCCN)c1ccc(-c3cccs3)cc21.Cc1[nH]nc2c1c(=O)n(CCCN)c1ccc(-c3ccn[nH]3)cc21.Cc1[nH]nc2c1c(=O)n(CCCN)c1ccc(-c3ccnn3C)cc21.Cc1[nH]nc2c1c(=O)n(CCCN)c1ccc(-c3ccsc3)cc21.Cc1[nH]nc2c1c(=O)n(CCCN)c1ccc(-c3cn[nH]c3)cc21.Cc1[nH]nc2c1c(=O)n(CCCN)c1ccc(-c3ncco3)cc21. The number of benzene rings is 6. The molecule has 0 unspecified atom stereocenters. The Morgan fingerprint density at radius 2 is 0.683 bits per heavy atom. The van der Waals surface area contributed by atoms with Gasteiger partial charge in [0.25, 0.3) is 33.4 Å². The van der Waals surface area contributed by atoms with Crippen molar-refractivity contribution in [1.82, 2.24) is 124 Å². The lowest BCUT2D eigenvalue weighted by atomic mass is 10.0. The first-order valence-electron chi connectivity index (χ1n) is 47.9. The highest BCUT2D eigenvalue weighted by molar-refractivity contribution is 7.13. The van der Waals surface area contributed by atoms with Gasteiger partial charge in [0.2, 0.25) is 5.89 Å². The minimum Gasteiger partial charge on any atom is -0.445 e. The van der Waals surface area contributed by atoms with Gasteiger partial charge in [-0.15, -0.1) is 11.3 Å². The van der Waals surface area contributed by atoms with Gasteiger partial charge in [-0.1, -0.05) is 36.4 Å². The molecule has 0 spiro atoms. The number of aromatic amines is 8. The van der Waals surface area contributed by atoms with Crippen molar-refractivity contribution in [3.63, 3.8) is 0 Å². The van der Waals surface area contributed by atoms with Gasteiger partial charge in [0.1, 0.15) is 39.4 Å². The average Bonchev–Trinajstić information content (AvgIpc) is 1.68. The van der Waals surface area contributed by atoms with Crippen LogP contribution in [0.3, 0.4) is 0 Å². The number of nitrogens with one attached hydrogen (secondary N) is 8. The molecule has 0 saturated carbocycles. The van der Waals surface area contributed by atoms with E-state index in [1.54, 1.807) is 65.7 Å². The summed E-state index contributed by atoms with van der Waals surface area (Å²) in [5.74, 6) is 0.539. The number of aryl methyl sites for hydroxylation is 13. The molecule has 24 aromatic rings. The molecular weight excluding hydrogens is 1870 g/mol. The zero-order valence-corrected chi connectivity index (χ0v) is 82.6. The number of rotatable bonds is 24. The minimum atomic E-state index is -0.0407. The number of thiophene rings is 2. The van der Waals surface area contributed by atoms with E-state index < -0.39 is 0 Å². The molecule has 0 atom stereocenters. The number of fused-ring (bicyclic) bond motifs is 18. The number of nitrogens with zero attached hydrogens (tertiary/aromatic N) is 17. The van der Waals surface area contributed by atoms with Crippen LogP contribution in [0.4, 0.5) is 0 Å². The largest absolute Gasteiger partial charge is 0.445 e. The molecule has 0 fully saturated rings. The average molecular weight is 1980 g/mol. The molecular formula is C105H109N31O7S2. The summed E-state index contributed by atoms with van der Waals surface area (Å²) in [5.41, 5.74) is 58.4. The van der Waals surface area contributed by atoms with Gasteiger partial charge in [0.15, 0.2) is 0 Å². The number of pyridine rings is 6. The van der Waals surface area contributed by atoms with Crippen molar-refractivity contribution in [3.8, 4) is 66.7 Å². The number of hydrogen-bond acceptors (Lipinski definition) is 25. The Kier molecular flexibility index (Phi) is 28.4. The van der Waals surface area contributed by atoms with Crippen molar-refractivity contribution in [3.05, 3.63) is 289 Å². The van der Waals surface area contributed by atoms with Gasteiger partial charge in [-0.3, -0.25) is 74.2 Å². The van der Waals surface area contributed by atoms with E-state index in [0.29, 0.717) is 139 Å². The third-order valence-corrected chi connectivity index (χ3v) is 27.9. The summed E-state index contributed by atoms with van der Waals surface area (Å²) >= 11 is 3.38. The number of nitrogens with two attached hydrogens (primary N) is 6. The maximum absolute atomic E-state index is 12.9. The van der Waals surface area contributed by atoms with Crippen LogP contribution in [0.25, 0.3) is 197 Å². The smallest absolute Gasteiger partial charge is 0.262 e. The molecule has 0 amide bonds. The molecule has 0 aliphatic carbocycles. The van der Waals surface area contributed by atoms with Gasteiger partial charge in [-0.25, -0.2) is 4.98 Å². The molecule has 0 aliphatic heterocycles. The quantitative estimate of drug-likeness (QED) is 0.0267. The second-order valence-electron chi connectivity index (χ2n) is 35.5. The Morgan fingerprint density at radius 3 is 1.00 bits per heavy atom. The maximum atomic E-state index is 12.9. The second kappa shape index (κ2) is 42.3. The van der Waals surface area contributed by atoms with E-state index in [1.807, 2.05) is 160 Å². The maximum Gasteiger partial charge on any atom is 0.262 e. The standard InChI is InChI=1S/C18H20N6O.2C18H18N4OS.2C17H18N6O.C17H17N5O2/c1-11-16-17(22-21-11)13-10-12(14-6-8-20-23(14)2)4-5-15(13)24(18(16)25)9-3-7-19;1-11-16-17(21-20-11)14-9-12(13-5-8-24-10-13)3-4-15(14)22(18(16)23)7-2-6-19;1-11-16-17(21-20-11)13-10-12(15-4-2-9-24-15)5-6-14(13)22(18(16)23)8-3-7-19;1-10-15-16(22-20-10)12-9-11(13-5-7-19-21-13)3-4-14(12)23(17(15)24)8-2-6-18;1-10-15-16(22-21-10)13-7-11(12-8-19-20-9-12)3-4-14(13)23(17(15)24)6-2-5-18;1-10-14-15(21-20-10)12-9-11(16-19-6-8-24-16)3-4-13(12)22(17(14)23)7-2-5-18/h4-6,8,10H,3,7,9,19H2,1-2H3,(H,21,22);3-5,8-10H,2,6-7,19H2,1H3,(H,20,21);2,4-6,9-10H,3,7-8,19H2,1H3,(H,20,21);3-5,7,9H,2,6,8,18H2,1H3,(H,19,21)(H,20,22);3-4,7-9H,2,5-6,18H2,1H3,(H,19,20)(H,21,22);3-4,6,8-9H,2,5,7,18H2,1H3,(H,20,21). The Balaban J connectivity index is 0.000000110. The molecule has 20 N–H and O–H groups in total. The van der Waals surface area contributed by atoms with Gasteiger partial charge >= 0.3 is 0 Å². The number of aromatic nitrogens is 25. The van der Waals surface area contributed by atoms with Crippen molar-refractivity contribution in [2.45, 2.75) is 119 Å². The molecule has 145 heavy (non-hydrogen) atoms. The van der Waals surface area contributed by atoms with E-state index in [9.17, 15) is 28.8 Å². The van der Waals surface area contributed by atoms with Crippen LogP contribution in [0.15, 0.2) is 226 Å². The van der Waals surface area contributed by atoms with Crippen LogP contribution in [-0.2, 0) is 46.3 Å². The second-order valence-corrected chi connectivity index (χ2v) is 37.3. The molecule has 18 heterocycles. The zero-order chi connectivity index (χ0) is 101. The van der Waals surface area contributed by atoms with Crippen LogP contribution in [0, 0.1) is 41.5 Å². The van der Waals surface area contributed by atoms with Crippen molar-refractivity contribution in [2.75, 3.05) is 39.3 Å². The summed E-state index contributed by atoms with van der Waals surface area (Å²) in [7, 11) is 1.91. The Morgan fingerprint density at radius 1 is 0.338 bits per heavy atom. The highest BCUT2D eigenvalue weighted by atomic mass is 32.1. The van der Waals surface area contributed by atoms with E-state index in [0.717, 1.165) is 199 Å². The molecule has 24 rings (SSSR count). The highest BCUT2D eigenvalue weighted by Gasteiger charge is 2.25. The van der Waals surface area contributed by atoms with E-state index >= 15 is 0 Å². The summed E-state index contributed by atoms with van der Waals surface area (Å²) in [6, 6.07) is 46.4. The molecule has 18 aromatic heterocycles. The lowest BCUT2D eigenvalue weighted by Gasteiger charge is -2.12. The van der Waals surface area contributed by atoms with E-state index in [-0.39, 0.29) is 33.4 Å². The fraction of sp³-hybridized carbons (Fsp3) is 0.238. The molecule has 38 nitrogen and oxygen atoms in total. The summed E-state index contributed by atoms with van der Waals surface area (Å²) in [6.07, 6.45) is 14.8. The zero-order valence-electron chi connectivity index (χ0n) is 80.9. The first-order valence-corrected chi connectivity index (χ1v) is 49.7. The number of oxazole rings is 1. The van der Waals surface area contributed by atoms with Gasteiger partial charge < -0.3 is 66.2 Å². The molecule has 0 aliphatic rings. The van der Waals surface area contributed by atoms with E-state index in [1.165, 1.54) is 16.7 Å². The number of hydrogen-bond donors (Lipinski definition) is 14. The van der Waals surface area contributed by atoms with Crippen molar-refractivity contribution in [1.29, 1.82) is 0 Å². The topological polar surface area (TPSA) is 561 Å². The van der Waals surface area contributed by atoms with Crippen LogP contribution in [0.2, 0.25) is 0 Å². The van der Waals surface area contributed by atoms with E-state index in [4.69, 9.17) is 38.8 Å². The van der Waals surface area contributed by atoms with Crippen molar-refractivity contribution in [2.24, 2.45) is 41.4 Å². The third kappa shape index (κ3) is 18.6. The monoisotopic (exact) mass is 1980 g/mol. The fourth-order valence-corrected chi connectivity index (χ4v) is 20.5. The first-order chi connectivity index (χ1) is 70.6. The normalized spacial score (nSPS) is 11.6. The van der Waals surface area contributed by atoms with Crippen LogP contribution >= 0.6 is 22.7 Å². The summed E-state index contributed by atoms with van der Waals surface area (Å²) in [5, 5.41) is 77.8. The lowest BCUT2D eigenvalue weighted by Crippen LogP contribution is -2.22. The minimum absolute atomic E-state index is 0.000448. The van der Waals surface area contributed by atoms with Crippen LogP contribution in [0.1, 0.15) is 72.7 Å². The summed E-state index contributed by atoms with van der Waals surface area (Å²) in [6.45, 7) is 18.1. The molecule has 40 heteroatoms. The third-order valence-electron chi connectivity index (χ3n) is 26.3. The predicted molar refractivity (Wildman–Crippen MR) is 577 cm³/mol. The molecule has 0 saturated heterocycles. The highest BCUT2D eigenvalue weighted by Crippen LogP contribution is 2.38. The number of H-pyrrole nitrogens is 8. The Bertz CT molecular complexity index is 8240. The lowest BCUT2D eigenvalue weighted by molar-refractivity contribution is 0.574. The predicted octanol–water partition coefficient (Wildman–Crippen LogP) is 14.5. The molecule has 738 valence electrons. The van der Waals surface area contributed by atoms with Crippen LogP contribution in [0.5, 0.6) is 0 Å². The molecule has 0 bridgehead atoms. The van der Waals surface area contributed by atoms with Crippen LogP contribution < -0.4 is 67.8 Å². The Labute approximate surface area is 832 Å². The van der Waals surface area contributed by atoms with Gasteiger partial charge in [0.05, 0.1) is 89.2 Å². The fourth-order valence-electron chi connectivity index (χ4n) is 19.1. The van der Waals surface area contributed by atoms with Crippen molar-refractivity contribution < 1.29 is 4.42 Å². The summed E-state index contributed by atoms with van der Waals surface area (Å²) in [4.78, 5) is 82.8. The van der Waals surface area contributed by atoms with Crippen molar-refractivity contribution >= 4 is 154 Å². The molecule has 6 aromatic carbocycles. The first kappa shape index (κ1) is 97.2. The van der Waals surface area contributed by atoms with E-state index in [2.05, 4.69) is 156 Å². The van der Waals surface area contributed by atoms with Gasteiger partial charge in [-0.05, 0) is 261 Å². The Hall–Kier alpha value is -16.6. The van der Waals surface area contributed by atoms with Gasteiger partial charge in [0, 0.05) is 159 Å².